The van der Waals surface area contributed by atoms with E-state index in [1.165, 1.54) is 0 Å². The van der Waals surface area contributed by atoms with Gasteiger partial charge in [-0.25, -0.2) is 0 Å². The van der Waals surface area contributed by atoms with Crippen molar-refractivity contribution in [3.8, 4) is 0 Å². The van der Waals surface area contributed by atoms with Crippen LogP contribution in [0.15, 0.2) is 0 Å². The Hall–Kier alpha value is -0.0800. The molecule has 0 saturated carbocycles. The van der Waals surface area contributed by atoms with E-state index < -0.39 is 44.3 Å². The van der Waals surface area contributed by atoms with Crippen molar-refractivity contribution in [1.82, 2.24) is 4.90 Å². The van der Waals surface area contributed by atoms with Gasteiger partial charge >= 0.3 is 0 Å². The molecule has 3 saturated heterocycles. The van der Waals surface area contributed by atoms with E-state index in [4.69, 9.17) is 13.7 Å². The van der Waals surface area contributed by atoms with Gasteiger partial charge < -0.3 is 10.0 Å². The third-order valence-electron chi connectivity index (χ3n) is 1.21. The van der Waals surface area contributed by atoms with Crippen molar-refractivity contribution >= 4 is 0 Å². The lowest BCUT2D eigenvalue weighted by atomic mass is 9.86. The Morgan fingerprint density at radius 3 is 3.44 bits per heavy atom. The summed E-state index contributed by atoms with van der Waals surface area (Å²) in [6, 6.07) is 0. The average molecular weight is 137 g/mol. The van der Waals surface area contributed by atoms with Crippen molar-refractivity contribution in [2.75, 3.05) is 19.5 Å². The van der Waals surface area contributed by atoms with E-state index in [9.17, 15) is 5.11 Å². The van der Waals surface area contributed by atoms with Gasteiger partial charge in [-0.2, -0.15) is 0 Å². The van der Waals surface area contributed by atoms with Crippen LogP contribution in [-0.2, 0) is 0 Å². The van der Waals surface area contributed by atoms with Crippen LogP contribution < -0.4 is 0 Å². The quantitative estimate of drug-likeness (QED) is 0.511. The summed E-state index contributed by atoms with van der Waals surface area (Å²) in [6.07, 6.45) is -9.52. The molecule has 3 rings (SSSR count). The molecule has 0 amide bonds. The standard InChI is InChI=1S/C7H13NO/c9-7-5-8-3-1-6(7)2-4-8/h6-7,9H,1-5H2/t7-/m1/s1/i1D2,2D2,3D2,5D2,6D,7D/t6?,7-. The van der Waals surface area contributed by atoms with Crippen LogP contribution in [0.1, 0.15) is 26.5 Å². The summed E-state index contributed by atoms with van der Waals surface area (Å²) < 4.78 is 76.7. The Morgan fingerprint density at radius 2 is 2.56 bits per heavy atom. The fraction of sp³-hybridized carbons (Fsp3) is 1.00. The van der Waals surface area contributed by atoms with E-state index in [0.29, 0.717) is 0 Å². The van der Waals surface area contributed by atoms with Crippen LogP contribution in [0.4, 0.5) is 0 Å². The van der Waals surface area contributed by atoms with Gasteiger partial charge in [-0.05, 0) is 31.7 Å². The van der Waals surface area contributed by atoms with Crippen LogP contribution in [0, 0.1) is 5.89 Å². The third-order valence-corrected chi connectivity index (χ3v) is 1.21. The van der Waals surface area contributed by atoms with Gasteiger partial charge in [0, 0.05) is 18.8 Å². The first-order valence-corrected chi connectivity index (χ1v) is 2.59. The van der Waals surface area contributed by atoms with E-state index in [1.54, 1.807) is 0 Å². The SMILES string of the molecule is [2H]C1([2H])CN2C([2H])([2H])C([2H])([2H])C1([2H])[C@]([2H])(O)C2([2H])[2H]. The van der Waals surface area contributed by atoms with Crippen LogP contribution in [0.2, 0.25) is 0 Å². The zero-order chi connectivity index (χ0) is 15.3. The minimum atomic E-state index is -3.46. The maximum atomic E-state index is 9.97. The molecule has 3 aliphatic rings. The zero-order valence-corrected chi connectivity index (χ0v) is 4.60. The predicted molar refractivity (Wildman–Crippen MR) is 35.2 cm³/mol. The fourth-order valence-corrected chi connectivity index (χ4v) is 0.759. The van der Waals surface area contributed by atoms with E-state index in [1.807, 2.05) is 0 Å². The Kier molecular flexibility index (Phi) is 0.307. The van der Waals surface area contributed by atoms with Gasteiger partial charge in [0.1, 0.15) is 0 Å². The molecule has 2 nitrogen and oxygen atoms in total. The van der Waals surface area contributed by atoms with Gasteiger partial charge in [0.15, 0.2) is 0 Å². The lowest BCUT2D eigenvalue weighted by Gasteiger charge is -2.42. The molecule has 0 radical (unpaired) electrons. The monoisotopic (exact) mass is 137 g/mol. The van der Waals surface area contributed by atoms with Crippen LogP contribution in [0.25, 0.3) is 0 Å². The Balaban J connectivity index is 2.84. The summed E-state index contributed by atoms with van der Waals surface area (Å²) in [7, 11) is 0. The maximum Gasteiger partial charge on any atom is 0.0696 e. The normalized spacial score (nSPS) is 105. The molecule has 0 aliphatic carbocycles. The predicted octanol–water partition coefficient (Wildman–Crippen LogP) is 0.0729. The molecular formula is C7H13NO. The second kappa shape index (κ2) is 1.96. The third kappa shape index (κ3) is 0.864. The molecule has 0 spiro atoms. The molecule has 2 bridgehead atoms. The minimum Gasteiger partial charge on any atom is -0.392 e. The summed E-state index contributed by atoms with van der Waals surface area (Å²) in [4.78, 5) is 0.156. The van der Waals surface area contributed by atoms with Gasteiger partial charge in [0.25, 0.3) is 0 Å². The molecule has 9 heavy (non-hydrogen) atoms. The highest BCUT2D eigenvalue weighted by Gasteiger charge is 2.32. The van der Waals surface area contributed by atoms with E-state index in [0.717, 1.165) is 0 Å². The first-order valence-electron chi connectivity index (χ1n) is 7.59. The number of aliphatic hydroxyl groups is 1. The summed E-state index contributed by atoms with van der Waals surface area (Å²) >= 11 is 0. The van der Waals surface area contributed by atoms with Crippen LogP contribution in [0.5, 0.6) is 0 Å². The highest BCUT2D eigenvalue weighted by atomic mass is 16.3. The van der Waals surface area contributed by atoms with Gasteiger partial charge in [-0.15, -0.1) is 0 Å². The molecule has 0 aromatic rings. The number of hydrogen-bond acceptors (Lipinski definition) is 2. The summed E-state index contributed by atoms with van der Waals surface area (Å²) in [5.74, 6) is -3.31. The summed E-state index contributed by atoms with van der Waals surface area (Å²) in [5.41, 5.74) is 0. The largest absolute Gasteiger partial charge is 0.392 e. The molecule has 0 aromatic heterocycles. The van der Waals surface area contributed by atoms with Crippen molar-refractivity contribution < 1.29 is 18.8 Å². The van der Waals surface area contributed by atoms with Crippen LogP contribution >= 0.6 is 0 Å². The van der Waals surface area contributed by atoms with Crippen molar-refractivity contribution in [3.63, 3.8) is 0 Å². The Morgan fingerprint density at radius 1 is 1.67 bits per heavy atom. The number of piperidine rings is 3. The number of hydrogen-bond donors (Lipinski definition) is 1. The first kappa shape index (κ1) is 1.41. The highest BCUT2D eigenvalue weighted by molar-refractivity contribution is 4.85. The van der Waals surface area contributed by atoms with Crippen molar-refractivity contribution in [1.29, 1.82) is 0 Å². The molecular weight excluding hydrogens is 114 g/mol. The highest BCUT2D eigenvalue weighted by Crippen LogP contribution is 2.26. The Bertz CT molecular complexity index is 404. The fourth-order valence-electron chi connectivity index (χ4n) is 0.759. The van der Waals surface area contributed by atoms with Crippen LogP contribution in [-0.4, -0.2) is 35.6 Å². The van der Waals surface area contributed by atoms with Crippen molar-refractivity contribution in [2.45, 2.75) is 18.8 Å². The average Bonchev–Trinajstić information content (AvgIpc) is 2.19. The lowest BCUT2D eigenvalue weighted by Crippen LogP contribution is -2.50. The van der Waals surface area contributed by atoms with Gasteiger partial charge in [-0.1, -0.05) is 0 Å². The molecule has 3 atom stereocenters. The van der Waals surface area contributed by atoms with Gasteiger partial charge in [0.2, 0.25) is 0 Å². The Labute approximate surface area is 69.5 Å². The number of rotatable bonds is 0. The first-order chi connectivity index (χ1) is 8.09. The molecule has 3 heterocycles. The molecule has 52 valence electrons. The minimum absolute atomic E-state index is 0.156. The second-order valence-corrected chi connectivity index (χ2v) is 1.84. The van der Waals surface area contributed by atoms with Gasteiger partial charge in [0.05, 0.1) is 7.45 Å². The van der Waals surface area contributed by atoms with Crippen molar-refractivity contribution in [3.05, 3.63) is 0 Å². The molecule has 1 N–H and O–H groups in total. The number of fused-ring (bicyclic) bond motifs is 3. The molecule has 3 fully saturated rings. The number of nitrogens with zero attached hydrogens (tertiary/aromatic N) is 1. The van der Waals surface area contributed by atoms with Crippen LogP contribution in [0.3, 0.4) is 0 Å². The van der Waals surface area contributed by atoms with Gasteiger partial charge in [-0.3, -0.25) is 0 Å². The summed E-state index contributed by atoms with van der Waals surface area (Å²) in [6.45, 7) is -7.02. The second-order valence-electron chi connectivity index (χ2n) is 1.84. The van der Waals surface area contributed by atoms with E-state index in [2.05, 4.69) is 0 Å². The molecule has 3 aliphatic heterocycles. The van der Waals surface area contributed by atoms with E-state index >= 15 is 0 Å². The topological polar surface area (TPSA) is 23.5 Å². The zero-order valence-electron chi connectivity index (χ0n) is 14.6. The lowest BCUT2D eigenvalue weighted by molar-refractivity contribution is -0.0227. The molecule has 2 unspecified atom stereocenters. The van der Waals surface area contributed by atoms with Crippen molar-refractivity contribution in [2.24, 2.45) is 5.89 Å². The smallest absolute Gasteiger partial charge is 0.0696 e. The maximum absolute atomic E-state index is 9.97. The van der Waals surface area contributed by atoms with E-state index in [-0.39, 0.29) is 4.90 Å². The molecule has 0 aromatic carbocycles. The molecule has 2 heteroatoms. The summed E-state index contributed by atoms with van der Waals surface area (Å²) in [5, 5.41) is 9.97.